The number of carbonyl (C=O) groups excluding carboxylic acids is 11. The van der Waals surface area contributed by atoms with Crippen molar-refractivity contribution < 1.29 is 52.7 Å². The van der Waals surface area contributed by atoms with Crippen LogP contribution in [0, 0.1) is 17.8 Å². The van der Waals surface area contributed by atoms with Crippen molar-refractivity contribution in [1.29, 1.82) is 0 Å². The van der Waals surface area contributed by atoms with Gasteiger partial charge in [-0.1, -0.05) is 131 Å². The summed E-state index contributed by atoms with van der Waals surface area (Å²) in [4.78, 5) is 94.1. The fraction of sp³-hybridized carbons (Fsp3) is 0.642. The summed E-state index contributed by atoms with van der Waals surface area (Å²) in [6.07, 6.45) is 9.85. The number of likely N-dealkylation sites (tertiary alicyclic amines) is 1. The maximum absolute atomic E-state index is 10.7. The Morgan fingerprint density at radius 2 is 0.595 bits per heavy atom. The van der Waals surface area contributed by atoms with E-state index in [0.717, 1.165) is 43.7 Å². The minimum atomic E-state index is 0. The number of nitrogens with zero attached hydrogens (tertiary/aromatic N) is 1. The third kappa shape index (κ3) is 471. The molecule has 1 aliphatic heterocycles. The summed E-state index contributed by atoms with van der Waals surface area (Å²) in [5, 5.41) is 0. The lowest BCUT2D eigenvalue weighted by Gasteiger charge is -2.24. The summed E-state index contributed by atoms with van der Waals surface area (Å²) in [5.74, 6) is 3.05. The lowest BCUT2D eigenvalue weighted by Crippen LogP contribution is -2.33. The van der Waals surface area contributed by atoms with E-state index in [1.54, 1.807) is 6.92 Å². The van der Waals surface area contributed by atoms with Crippen LogP contribution in [0.5, 0.6) is 0 Å². The van der Waals surface area contributed by atoms with Crippen LogP contribution in [0.25, 0.3) is 0 Å². The first-order valence-electron chi connectivity index (χ1n) is 22.5. The second-order valence-corrected chi connectivity index (χ2v) is 12.0. The normalized spacial score (nSPS) is 7.19. The topological polar surface area (TPSA) is 452 Å². The Hall–Kier alpha value is -5.23. The summed E-state index contributed by atoms with van der Waals surface area (Å²) in [6.45, 7) is 54.6. The van der Waals surface area contributed by atoms with Crippen LogP contribution in [0.3, 0.4) is 0 Å². The van der Waals surface area contributed by atoms with Crippen LogP contribution >= 0.6 is 0 Å². The number of piperidine rings is 1. The molecular formula is C53H132N10O11. The number of Topliss-reactive ketones (excluding diaryl/α,β-unsaturated/α-hetero) is 1. The van der Waals surface area contributed by atoms with Gasteiger partial charge in [-0.3, -0.25) is 4.79 Å². The summed E-state index contributed by atoms with van der Waals surface area (Å²) in [7, 11) is 9.00. The fourth-order valence-corrected chi connectivity index (χ4v) is 1.92. The predicted molar refractivity (Wildman–Crippen MR) is 329 cm³/mol. The first-order chi connectivity index (χ1) is 34.0. The van der Waals surface area contributed by atoms with Crippen molar-refractivity contribution in [3.63, 3.8) is 0 Å². The lowest BCUT2D eigenvalue weighted by atomic mass is 10.1. The van der Waals surface area contributed by atoms with Gasteiger partial charge >= 0.3 is 0 Å². The standard InChI is InChI=1S/C8H10.C7H13NO.3C5H12.C5H10.C3H6O.6CH5N.9CH2O.3H3N/c1-2-8-6-4-3-5-7-8;1-7(9)8-5-3-2-4-6-8;4*1-4-5(2)3;1-3(2)4;15*1-2;;;/h3-7H,2H2,1H3;2-6H2,1H3;3*5H,4H2,1-3H3;2,4H2,1,3H3;1-2H3;6*2H2,1H3;9*1H2;3*1H3. The summed E-state index contributed by atoms with van der Waals surface area (Å²) >= 11 is 0. The molecule has 1 heterocycles. The molecule has 0 unspecified atom stereocenters. The molecule has 0 aromatic heterocycles. The Balaban J connectivity index is -0.0000000180. The predicted octanol–water partition coefficient (Wildman–Crippen LogP) is 8.26. The minimum Gasteiger partial charge on any atom is -0.344 e. The average Bonchev–Trinajstić information content (AvgIpc) is 3.47. The van der Waals surface area contributed by atoms with Gasteiger partial charge < -0.3 is 106 Å². The molecule has 2 rings (SSSR count). The highest BCUT2D eigenvalue weighted by Gasteiger charge is 2.11. The second-order valence-electron chi connectivity index (χ2n) is 12.0. The number of aryl methyl sites for hydroxylation is 1. The smallest absolute Gasteiger partial charge is 0.219 e. The Morgan fingerprint density at radius 3 is 0.676 bits per heavy atom. The number of allylic oxidation sites excluding steroid dienone is 1. The van der Waals surface area contributed by atoms with E-state index in [1.165, 1.54) is 106 Å². The first kappa shape index (κ1) is 151. The van der Waals surface area contributed by atoms with E-state index in [0.29, 0.717) is 0 Å². The number of nitrogens with two attached hydrogens (primary N) is 6. The zero-order valence-corrected chi connectivity index (χ0v) is 52.3. The highest BCUT2D eigenvalue weighted by atomic mass is 16.2. The van der Waals surface area contributed by atoms with Crippen LogP contribution in [0.15, 0.2) is 42.5 Å². The van der Waals surface area contributed by atoms with Crippen LogP contribution < -0.4 is 52.9 Å². The summed E-state index contributed by atoms with van der Waals surface area (Å²) < 4.78 is 0. The highest BCUT2D eigenvalue weighted by molar-refractivity contribution is 5.73. The second kappa shape index (κ2) is 265. The molecule has 1 aromatic carbocycles. The van der Waals surface area contributed by atoms with Crippen molar-refractivity contribution in [1.82, 2.24) is 23.4 Å². The lowest BCUT2D eigenvalue weighted by molar-refractivity contribution is -0.129. The van der Waals surface area contributed by atoms with Crippen molar-refractivity contribution in [3.05, 3.63) is 48.0 Å². The molecular weight excluding hydrogens is 953 g/mol. The van der Waals surface area contributed by atoms with Crippen LogP contribution in [-0.4, -0.2) is 133 Å². The summed E-state index contributed by atoms with van der Waals surface area (Å²) in [5.41, 5.74) is 29.7. The van der Waals surface area contributed by atoms with Gasteiger partial charge in [0.25, 0.3) is 0 Å². The van der Waals surface area contributed by atoms with Crippen molar-refractivity contribution in [2.24, 2.45) is 52.2 Å². The zero-order chi connectivity index (χ0) is 63.2. The average molecular weight is 1090 g/mol. The van der Waals surface area contributed by atoms with Crippen LogP contribution in [-0.2, 0) is 59.2 Å². The van der Waals surface area contributed by atoms with E-state index < -0.39 is 0 Å². The quantitative estimate of drug-likeness (QED) is 0.125. The van der Waals surface area contributed by atoms with E-state index in [-0.39, 0.29) is 30.1 Å². The first-order valence-corrected chi connectivity index (χ1v) is 22.5. The van der Waals surface area contributed by atoms with Crippen LogP contribution in [0.1, 0.15) is 154 Å². The van der Waals surface area contributed by atoms with Gasteiger partial charge in [0.1, 0.15) is 66.9 Å². The third-order valence-electron chi connectivity index (χ3n) is 6.11. The van der Waals surface area contributed by atoms with Gasteiger partial charge in [-0.05, 0) is 118 Å². The molecule has 21 nitrogen and oxygen atoms in total. The molecule has 1 fully saturated rings. The number of hydrogen-bond donors (Lipinski definition) is 9. The Bertz CT molecular complexity index is 805. The van der Waals surface area contributed by atoms with Gasteiger partial charge in [0.2, 0.25) is 5.91 Å². The minimum absolute atomic E-state index is 0. The van der Waals surface area contributed by atoms with Crippen molar-refractivity contribution >= 4 is 72.8 Å². The molecule has 460 valence electrons. The van der Waals surface area contributed by atoms with Crippen molar-refractivity contribution in [2.45, 2.75) is 155 Å². The largest absolute Gasteiger partial charge is 0.344 e. The van der Waals surface area contributed by atoms with E-state index in [9.17, 15) is 9.59 Å². The Morgan fingerprint density at radius 1 is 0.432 bits per heavy atom. The molecule has 1 amide bonds. The molecule has 74 heavy (non-hydrogen) atoms. The maximum atomic E-state index is 10.7. The van der Waals surface area contributed by atoms with Gasteiger partial charge in [0, 0.05) is 20.0 Å². The molecule has 1 aromatic rings. The Kier molecular flexibility index (Phi) is 540. The fourth-order valence-electron chi connectivity index (χ4n) is 1.92. The molecule has 0 aliphatic carbocycles. The molecule has 0 spiro atoms. The molecule has 0 radical (unpaired) electrons. The third-order valence-corrected chi connectivity index (χ3v) is 6.11. The van der Waals surface area contributed by atoms with E-state index >= 15 is 0 Å². The number of carbonyl (C=O) groups is 11. The van der Waals surface area contributed by atoms with Gasteiger partial charge in [-0.15, -0.1) is 6.58 Å². The number of amides is 1. The monoisotopic (exact) mass is 1090 g/mol. The number of ketones is 1. The van der Waals surface area contributed by atoms with Crippen molar-refractivity contribution in [3.8, 4) is 0 Å². The number of hydrogen-bond acceptors (Lipinski definition) is 20. The molecule has 1 aliphatic rings. The molecule has 0 atom stereocenters. The van der Waals surface area contributed by atoms with E-state index in [1.807, 2.05) is 79.0 Å². The zero-order valence-electron chi connectivity index (χ0n) is 52.3. The van der Waals surface area contributed by atoms with Gasteiger partial charge in [-0.2, -0.15) is 0 Å². The molecule has 21 heteroatoms. The molecule has 0 saturated carbocycles. The Labute approximate surface area is 458 Å². The highest BCUT2D eigenvalue weighted by Crippen LogP contribution is 2.07. The van der Waals surface area contributed by atoms with Crippen LogP contribution in [0.4, 0.5) is 0 Å². The van der Waals surface area contributed by atoms with E-state index in [2.05, 4.69) is 141 Å². The maximum Gasteiger partial charge on any atom is 0.219 e. The molecule has 21 N–H and O–H groups in total. The summed E-state index contributed by atoms with van der Waals surface area (Å²) in [6, 6.07) is 10.5. The van der Waals surface area contributed by atoms with Gasteiger partial charge in [0.15, 0.2) is 0 Å². The van der Waals surface area contributed by atoms with Crippen LogP contribution in [0.2, 0.25) is 0 Å². The van der Waals surface area contributed by atoms with Gasteiger partial charge in [0.05, 0.1) is 0 Å². The molecule has 1 saturated heterocycles. The molecule has 0 bridgehead atoms. The SMILES string of the molecule is C=C(C)CC.C=O.C=O.C=O.C=O.C=O.C=O.C=O.C=O.C=O.CC(=O)N1CCCCC1.CC(C)=O.CCC(C)C.CCC(C)C.CCC(C)C.CCc1ccccc1.CN.CN.CN.CN.CN.CN.N.N.N. The van der Waals surface area contributed by atoms with Crippen molar-refractivity contribution in [2.75, 3.05) is 55.4 Å². The number of rotatable bonds is 5. The number of benzene rings is 1. The van der Waals surface area contributed by atoms with E-state index in [4.69, 9.17) is 43.2 Å². The van der Waals surface area contributed by atoms with Gasteiger partial charge in [-0.25, -0.2) is 0 Å².